The lowest BCUT2D eigenvalue weighted by Crippen LogP contribution is -2.51. The Balaban J connectivity index is 0.00000161. The highest BCUT2D eigenvalue weighted by atomic mass is 35.5. The molecule has 1 saturated heterocycles. The molecule has 3 rings (SSSR count). The first-order chi connectivity index (χ1) is 9.75. The lowest BCUT2D eigenvalue weighted by atomic mass is 10.1. The van der Waals surface area contributed by atoms with Crippen LogP contribution in [-0.4, -0.2) is 46.7 Å². The van der Waals surface area contributed by atoms with Gasteiger partial charge in [0.05, 0.1) is 17.5 Å². The van der Waals surface area contributed by atoms with Gasteiger partial charge in [-0.3, -0.25) is 9.89 Å². The minimum Gasteiger partial charge on any atom is -0.336 e. The summed E-state index contributed by atoms with van der Waals surface area (Å²) >= 11 is 0. The molecule has 2 heterocycles. The van der Waals surface area contributed by atoms with Crippen LogP contribution in [0.5, 0.6) is 0 Å². The molecule has 0 saturated carbocycles. The Morgan fingerprint density at radius 3 is 2.81 bits per heavy atom. The molecule has 1 unspecified atom stereocenters. The summed E-state index contributed by atoms with van der Waals surface area (Å²) < 4.78 is 0. The summed E-state index contributed by atoms with van der Waals surface area (Å²) in [5.74, 6) is 0.0472. The molecule has 2 aromatic rings. The van der Waals surface area contributed by atoms with E-state index in [0.717, 1.165) is 30.9 Å². The SMILES string of the molecule is CC1CN(C(=O)c2cn[nH]c2-c2ccccc2)CCN1.Cl. The van der Waals surface area contributed by atoms with Crippen LogP contribution in [0.4, 0.5) is 0 Å². The third kappa shape index (κ3) is 3.25. The van der Waals surface area contributed by atoms with E-state index in [9.17, 15) is 4.79 Å². The zero-order valence-corrected chi connectivity index (χ0v) is 12.7. The highest BCUT2D eigenvalue weighted by Crippen LogP contribution is 2.22. The summed E-state index contributed by atoms with van der Waals surface area (Å²) in [6, 6.07) is 10.2. The van der Waals surface area contributed by atoms with Crippen molar-refractivity contribution in [3.8, 4) is 11.3 Å². The van der Waals surface area contributed by atoms with Crippen LogP contribution >= 0.6 is 12.4 Å². The number of H-pyrrole nitrogens is 1. The van der Waals surface area contributed by atoms with E-state index in [-0.39, 0.29) is 18.3 Å². The number of halogens is 1. The van der Waals surface area contributed by atoms with Gasteiger partial charge in [0.25, 0.3) is 5.91 Å². The Morgan fingerprint density at radius 1 is 1.33 bits per heavy atom. The third-order valence-electron chi connectivity index (χ3n) is 3.59. The first-order valence-corrected chi connectivity index (χ1v) is 6.87. The maximum atomic E-state index is 12.6. The number of piperazine rings is 1. The molecule has 0 spiro atoms. The molecule has 5 nitrogen and oxygen atoms in total. The molecule has 1 atom stereocenters. The lowest BCUT2D eigenvalue weighted by molar-refractivity contribution is 0.0710. The molecule has 6 heteroatoms. The van der Waals surface area contributed by atoms with Crippen molar-refractivity contribution in [2.45, 2.75) is 13.0 Å². The molecule has 112 valence electrons. The van der Waals surface area contributed by atoms with Gasteiger partial charge in [-0.1, -0.05) is 30.3 Å². The Morgan fingerprint density at radius 2 is 2.10 bits per heavy atom. The van der Waals surface area contributed by atoms with Gasteiger partial charge in [0.2, 0.25) is 0 Å². The van der Waals surface area contributed by atoms with Crippen molar-refractivity contribution in [2.75, 3.05) is 19.6 Å². The molecule has 0 radical (unpaired) electrons. The molecule has 1 fully saturated rings. The van der Waals surface area contributed by atoms with Crippen molar-refractivity contribution in [1.82, 2.24) is 20.4 Å². The minimum atomic E-state index is 0. The molecule has 0 bridgehead atoms. The summed E-state index contributed by atoms with van der Waals surface area (Å²) in [4.78, 5) is 14.5. The number of nitrogens with zero attached hydrogens (tertiary/aromatic N) is 2. The number of rotatable bonds is 2. The van der Waals surface area contributed by atoms with E-state index in [0.29, 0.717) is 11.6 Å². The van der Waals surface area contributed by atoms with Gasteiger partial charge in [-0.2, -0.15) is 5.10 Å². The first kappa shape index (κ1) is 15.5. The van der Waals surface area contributed by atoms with Gasteiger partial charge in [-0.25, -0.2) is 0 Å². The number of amides is 1. The second kappa shape index (κ2) is 6.74. The smallest absolute Gasteiger partial charge is 0.257 e. The molecule has 2 N–H and O–H groups in total. The van der Waals surface area contributed by atoms with E-state index in [1.807, 2.05) is 35.2 Å². The number of benzene rings is 1. The Hall–Kier alpha value is -1.85. The maximum Gasteiger partial charge on any atom is 0.257 e. The number of aromatic nitrogens is 2. The molecule has 1 aliphatic rings. The zero-order valence-electron chi connectivity index (χ0n) is 11.9. The maximum absolute atomic E-state index is 12.6. The summed E-state index contributed by atoms with van der Waals surface area (Å²) in [6.07, 6.45) is 1.62. The largest absolute Gasteiger partial charge is 0.336 e. The zero-order chi connectivity index (χ0) is 13.9. The van der Waals surface area contributed by atoms with Gasteiger partial charge in [-0.05, 0) is 6.92 Å². The van der Waals surface area contributed by atoms with Crippen LogP contribution in [0.15, 0.2) is 36.5 Å². The van der Waals surface area contributed by atoms with Gasteiger partial charge < -0.3 is 10.2 Å². The molecule has 1 aromatic carbocycles. The number of hydrogen-bond donors (Lipinski definition) is 2. The summed E-state index contributed by atoms with van der Waals surface area (Å²) in [5, 5.41) is 10.3. The molecule has 1 amide bonds. The van der Waals surface area contributed by atoms with E-state index in [1.165, 1.54) is 0 Å². The molecule has 21 heavy (non-hydrogen) atoms. The molecule has 1 aromatic heterocycles. The fraction of sp³-hybridized carbons (Fsp3) is 0.333. The lowest BCUT2D eigenvalue weighted by Gasteiger charge is -2.31. The van der Waals surface area contributed by atoms with Gasteiger partial charge >= 0.3 is 0 Å². The fourth-order valence-electron chi connectivity index (χ4n) is 2.56. The minimum absolute atomic E-state index is 0. The number of nitrogens with one attached hydrogen (secondary N) is 2. The van der Waals surface area contributed by atoms with Crippen LogP contribution in [0.1, 0.15) is 17.3 Å². The second-order valence-electron chi connectivity index (χ2n) is 5.13. The third-order valence-corrected chi connectivity index (χ3v) is 3.59. The van der Waals surface area contributed by atoms with Crippen LogP contribution in [0.2, 0.25) is 0 Å². The predicted molar refractivity (Wildman–Crippen MR) is 84.6 cm³/mol. The van der Waals surface area contributed by atoms with Crippen LogP contribution in [0.25, 0.3) is 11.3 Å². The van der Waals surface area contributed by atoms with Crippen LogP contribution < -0.4 is 5.32 Å². The van der Waals surface area contributed by atoms with Gasteiger partial charge in [0.15, 0.2) is 0 Å². The van der Waals surface area contributed by atoms with E-state index >= 15 is 0 Å². The van der Waals surface area contributed by atoms with Gasteiger partial charge in [0.1, 0.15) is 0 Å². The average molecular weight is 307 g/mol. The quantitative estimate of drug-likeness (QED) is 0.891. The summed E-state index contributed by atoms with van der Waals surface area (Å²) in [6.45, 7) is 4.40. The number of aromatic amines is 1. The van der Waals surface area contributed by atoms with E-state index in [1.54, 1.807) is 6.20 Å². The fourth-order valence-corrected chi connectivity index (χ4v) is 2.56. The predicted octanol–water partition coefficient (Wildman–Crippen LogP) is 1.93. The molecular formula is C15H19ClN4O. The van der Waals surface area contributed by atoms with Crippen molar-refractivity contribution in [3.63, 3.8) is 0 Å². The summed E-state index contributed by atoms with van der Waals surface area (Å²) in [7, 11) is 0. The monoisotopic (exact) mass is 306 g/mol. The number of carbonyl (C=O) groups excluding carboxylic acids is 1. The van der Waals surface area contributed by atoms with Crippen LogP contribution in [-0.2, 0) is 0 Å². The number of hydrogen-bond acceptors (Lipinski definition) is 3. The molecule has 1 aliphatic heterocycles. The van der Waals surface area contributed by atoms with Crippen molar-refractivity contribution in [3.05, 3.63) is 42.1 Å². The Bertz CT molecular complexity index is 599. The van der Waals surface area contributed by atoms with Crippen LogP contribution in [0, 0.1) is 0 Å². The molecule has 0 aliphatic carbocycles. The van der Waals surface area contributed by atoms with Gasteiger partial charge in [0, 0.05) is 31.2 Å². The standard InChI is InChI=1S/C15H18N4O.ClH/c1-11-10-19(8-7-16-11)15(20)13-9-17-18-14(13)12-5-3-2-4-6-12;/h2-6,9,11,16H,7-8,10H2,1H3,(H,17,18);1H. The van der Waals surface area contributed by atoms with Crippen LogP contribution in [0.3, 0.4) is 0 Å². The Labute approximate surface area is 130 Å². The van der Waals surface area contributed by atoms with Crippen molar-refractivity contribution >= 4 is 18.3 Å². The average Bonchev–Trinajstić information content (AvgIpc) is 2.97. The number of carbonyl (C=O) groups is 1. The highest BCUT2D eigenvalue weighted by molar-refractivity contribution is 5.99. The van der Waals surface area contributed by atoms with Crippen molar-refractivity contribution in [1.29, 1.82) is 0 Å². The highest BCUT2D eigenvalue weighted by Gasteiger charge is 2.24. The normalized spacial score (nSPS) is 18.1. The Kier molecular flexibility index (Phi) is 4.98. The van der Waals surface area contributed by atoms with Crippen molar-refractivity contribution in [2.24, 2.45) is 0 Å². The van der Waals surface area contributed by atoms with E-state index < -0.39 is 0 Å². The molecular weight excluding hydrogens is 288 g/mol. The van der Waals surface area contributed by atoms with Crippen molar-refractivity contribution < 1.29 is 4.79 Å². The topological polar surface area (TPSA) is 61.0 Å². The van der Waals surface area contributed by atoms with E-state index in [4.69, 9.17) is 0 Å². The summed E-state index contributed by atoms with van der Waals surface area (Å²) in [5.41, 5.74) is 2.42. The van der Waals surface area contributed by atoms with E-state index in [2.05, 4.69) is 22.4 Å². The van der Waals surface area contributed by atoms with Gasteiger partial charge in [-0.15, -0.1) is 12.4 Å². The second-order valence-corrected chi connectivity index (χ2v) is 5.13. The first-order valence-electron chi connectivity index (χ1n) is 6.87.